The Morgan fingerprint density at radius 1 is 1.37 bits per heavy atom. The highest BCUT2D eigenvalue weighted by atomic mass is 79.9. The fourth-order valence-electron chi connectivity index (χ4n) is 2.27. The number of hydrogen-bond acceptors (Lipinski definition) is 3. The summed E-state index contributed by atoms with van der Waals surface area (Å²) in [4.78, 5) is 23.0. The van der Waals surface area contributed by atoms with E-state index in [-0.39, 0.29) is 23.4 Å². The summed E-state index contributed by atoms with van der Waals surface area (Å²) in [5, 5.41) is 11.8. The van der Waals surface area contributed by atoms with E-state index in [1.54, 1.807) is 12.1 Å². The molecule has 6 heteroatoms. The molecule has 0 bridgehead atoms. The third-order valence-electron chi connectivity index (χ3n) is 3.31. The minimum Gasteiger partial charge on any atom is -0.478 e. The van der Waals surface area contributed by atoms with Crippen LogP contribution in [0.3, 0.4) is 0 Å². The predicted octanol–water partition coefficient (Wildman–Crippen LogP) is 2.21. The topological polar surface area (TPSA) is 92.4 Å². The predicted molar refractivity (Wildman–Crippen MR) is 75.0 cm³/mol. The molecule has 0 saturated heterocycles. The Hall–Kier alpha value is -1.40. The molecule has 0 aliphatic heterocycles. The number of carboxylic acids is 1. The lowest BCUT2D eigenvalue weighted by Gasteiger charge is -2.11. The smallest absolute Gasteiger partial charge is 0.336 e. The highest BCUT2D eigenvalue weighted by Gasteiger charge is 2.27. The zero-order chi connectivity index (χ0) is 14.0. The van der Waals surface area contributed by atoms with Crippen LogP contribution in [0, 0.1) is 5.92 Å². The first-order valence-electron chi connectivity index (χ1n) is 6.06. The first-order chi connectivity index (χ1) is 8.97. The van der Waals surface area contributed by atoms with Crippen molar-refractivity contribution in [1.29, 1.82) is 0 Å². The lowest BCUT2D eigenvalue weighted by Crippen LogP contribution is -2.23. The Balaban J connectivity index is 2.09. The largest absolute Gasteiger partial charge is 0.478 e. The van der Waals surface area contributed by atoms with Crippen molar-refractivity contribution in [2.24, 2.45) is 11.7 Å². The number of rotatable bonds is 3. The fourth-order valence-corrected chi connectivity index (χ4v) is 2.68. The molecule has 0 radical (unpaired) electrons. The van der Waals surface area contributed by atoms with E-state index in [1.807, 2.05) is 0 Å². The Morgan fingerprint density at radius 2 is 2.11 bits per heavy atom. The molecule has 1 aromatic carbocycles. The lowest BCUT2D eigenvalue weighted by molar-refractivity contribution is -0.119. The van der Waals surface area contributed by atoms with Crippen molar-refractivity contribution in [3.63, 3.8) is 0 Å². The van der Waals surface area contributed by atoms with Gasteiger partial charge in [0.25, 0.3) is 0 Å². The quantitative estimate of drug-likeness (QED) is 0.794. The summed E-state index contributed by atoms with van der Waals surface area (Å²) < 4.78 is 0.487. The summed E-state index contributed by atoms with van der Waals surface area (Å²) >= 11 is 3.16. The number of nitrogens with two attached hydrogens (primary N) is 1. The number of amides is 1. The van der Waals surface area contributed by atoms with Gasteiger partial charge in [-0.2, -0.15) is 0 Å². The maximum absolute atomic E-state index is 12.0. The standard InChI is InChI=1S/C13H15BrN2O3/c14-11-4-3-9(6-10(11)13(18)19)16-12(17)7-1-2-8(15)5-7/h3-4,6-8H,1-2,5,15H2,(H,16,17)(H,18,19). The van der Waals surface area contributed by atoms with Crippen molar-refractivity contribution < 1.29 is 14.7 Å². The van der Waals surface area contributed by atoms with Crippen LogP contribution in [0.4, 0.5) is 5.69 Å². The van der Waals surface area contributed by atoms with Crippen LogP contribution >= 0.6 is 15.9 Å². The minimum atomic E-state index is -1.04. The van der Waals surface area contributed by atoms with Crippen LogP contribution in [0.2, 0.25) is 0 Å². The number of carboxylic acid groups (broad SMARTS) is 1. The SMILES string of the molecule is NC1CCC(C(=O)Nc2ccc(Br)c(C(=O)O)c2)C1. The molecule has 1 aromatic rings. The van der Waals surface area contributed by atoms with Crippen molar-refractivity contribution in [3.05, 3.63) is 28.2 Å². The molecule has 0 heterocycles. The third kappa shape index (κ3) is 3.33. The molecule has 1 fully saturated rings. The Kier molecular flexibility index (Phi) is 4.21. The molecule has 2 rings (SSSR count). The molecule has 19 heavy (non-hydrogen) atoms. The van der Waals surface area contributed by atoms with E-state index in [9.17, 15) is 9.59 Å². The number of halogens is 1. The maximum Gasteiger partial charge on any atom is 0.336 e. The van der Waals surface area contributed by atoms with Gasteiger partial charge in [-0.05, 0) is 53.4 Å². The number of hydrogen-bond donors (Lipinski definition) is 3. The Labute approximate surface area is 119 Å². The number of aromatic carboxylic acids is 1. The van der Waals surface area contributed by atoms with E-state index in [2.05, 4.69) is 21.2 Å². The maximum atomic E-state index is 12.0. The molecular weight excluding hydrogens is 312 g/mol. The normalized spacial score (nSPS) is 22.2. The van der Waals surface area contributed by atoms with Crippen molar-refractivity contribution in [2.75, 3.05) is 5.32 Å². The first-order valence-corrected chi connectivity index (χ1v) is 6.86. The van der Waals surface area contributed by atoms with Crippen LogP contribution in [0.1, 0.15) is 29.6 Å². The second-order valence-electron chi connectivity index (χ2n) is 4.76. The van der Waals surface area contributed by atoms with Gasteiger partial charge in [0.2, 0.25) is 5.91 Å². The average molecular weight is 327 g/mol. The molecule has 1 amide bonds. The van der Waals surface area contributed by atoms with Crippen LogP contribution in [0.15, 0.2) is 22.7 Å². The molecule has 2 atom stereocenters. The van der Waals surface area contributed by atoms with Crippen LogP contribution < -0.4 is 11.1 Å². The Bertz CT molecular complexity index is 519. The van der Waals surface area contributed by atoms with Crippen molar-refractivity contribution in [2.45, 2.75) is 25.3 Å². The van der Waals surface area contributed by atoms with E-state index < -0.39 is 5.97 Å². The second-order valence-corrected chi connectivity index (χ2v) is 5.61. The minimum absolute atomic E-state index is 0.0769. The average Bonchev–Trinajstić information content (AvgIpc) is 2.78. The molecular formula is C13H15BrN2O3. The van der Waals surface area contributed by atoms with Gasteiger partial charge in [-0.15, -0.1) is 0 Å². The fraction of sp³-hybridized carbons (Fsp3) is 0.385. The van der Waals surface area contributed by atoms with Gasteiger partial charge in [0, 0.05) is 22.1 Å². The van der Waals surface area contributed by atoms with Crippen LogP contribution in [0.25, 0.3) is 0 Å². The monoisotopic (exact) mass is 326 g/mol. The second kappa shape index (κ2) is 5.71. The number of carbonyl (C=O) groups excluding carboxylic acids is 1. The zero-order valence-corrected chi connectivity index (χ0v) is 11.8. The summed E-state index contributed by atoms with van der Waals surface area (Å²) in [6, 6.07) is 4.82. The molecule has 1 saturated carbocycles. The highest BCUT2D eigenvalue weighted by molar-refractivity contribution is 9.10. The zero-order valence-electron chi connectivity index (χ0n) is 10.2. The third-order valence-corrected chi connectivity index (χ3v) is 4.00. The molecule has 0 aromatic heterocycles. The van der Waals surface area contributed by atoms with E-state index >= 15 is 0 Å². The van der Waals surface area contributed by atoms with E-state index in [1.165, 1.54) is 6.07 Å². The van der Waals surface area contributed by atoms with Gasteiger partial charge in [-0.3, -0.25) is 4.79 Å². The molecule has 102 valence electrons. The van der Waals surface area contributed by atoms with Gasteiger partial charge < -0.3 is 16.2 Å². The number of nitrogens with one attached hydrogen (secondary N) is 1. The van der Waals surface area contributed by atoms with Gasteiger partial charge in [0.05, 0.1) is 5.56 Å². The van der Waals surface area contributed by atoms with Gasteiger partial charge in [-0.1, -0.05) is 0 Å². The van der Waals surface area contributed by atoms with E-state index in [4.69, 9.17) is 10.8 Å². The van der Waals surface area contributed by atoms with Crippen LogP contribution in [0.5, 0.6) is 0 Å². The van der Waals surface area contributed by atoms with Crippen molar-refractivity contribution >= 4 is 33.5 Å². The lowest BCUT2D eigenvalue weighted by atomic mass is 10.1. The van der Waals surface area contributed by atoms with E-state index in [0.717, 1.165) is 12.8 Å². The van der Waals surface area contributed by atoms with Crippen LogP contribution in [-0.2, 0) is 4.79 Å². The van der Waals surface area contributed by atoms with Gasteiger partial charge in [-0.25, -0.2) is 4.79 Å². The first kappa shape index (κ1) is 14.0. The Morgan fingerprint density at radius 3 is 2.68 bits per heavy atom. The van der Waals surface area contributed by atoms with Gasteiger partial charge in [0.1, 0.15) is 0 Å². The molecule has 5 nitrogen and oxygen atoms in total. The number of carbonyl (C=O) groups is 2. The summed E-state index contributed by atoms with van der Waals surface area (Å²) in [7, 11) is 0. The number of benzene rings is 1. The summed E-state index contributed by atoms with van der Waals surface area (Å²) in [5.41, 5.74) is 6.39. The van der Waals surface area contributed by atoms with Gasteiger partial charge in [0.15, 0.2) is 0 Å². The summed E-state index contributed by atoms with van der Waals surface area (Å²) in [6.45, 7) is 0. The summed E-state index contributed by atoms with van der Waals surface area (Å²) in [5.74, 6) is -1.20. The molecule has 4 N–H and O–H groups in total. The molecule has 1 aliphatic rings. The van der Waals surface area contributed by atoms with E-state index in [0.29, 0.717) is 16.6 Å². The highest BCUT2D eigenvalue weighted by Crippen LogP contribution is 2.26. The van der Waals surface area contributed by atoms with Crippen molar-refractivity contribution in [1.82, 2.24) is 0 Å². The van der Waals surface area contributed by atoms with Gasteiger partial charge >= 0.3 is 5.97 Å². The van der Waals surface area contributed by atoms with Crippen LogP contribution in [-0.4, -0.2) is 23.0 Å². The molecule has 2 unspecified atom stereocenters. The number of anilines is 1. The summed E-state index contributed by atoms with van der Waals surface area (Å²) in [6.07, 6.45) is 2.34. The molecule has 0 spiro atoms. The van der Waals surface area contributed by atoms with Crippen molar-refractivity contribution in [3.8, 4) is 0 Å². The molecule has 1 aliphatic carbocycles.